The number of thiophene rings is 1. The third-order valence-electron chi connectivity index (χ3n) is 3.93. The summed E-state index contributed by atoms with van der Waals surface area (Å²) in [6, 6.07) is 0. The smallest absolute Gasteiger partial charge is 0.0158 e. The Morgan fingerprint density at radius 2 is 2.07 bits per heavy atom. The maximum absolute atomic E-state index is 6.14. The second-order valence-corrected chi connectivity index (χ2v) is 6.20. The van der Waals surface area contributed by atoms with Crippen molar-refractivity contribution < 1.29 is 0 Å². The van der Waals surface area contributed by atoms with Crippen LogP contribution in [0.15, 0.2) is 5.38 Å². The molecule has 1 saturated carbocycles. The maximum Gasteiger partial charge on any atom is 0.0158 e. The Bertz CT molecular complexity index is 363. The van der Waals surface area contributed by atoms with Crippen molar-refractivity contribution in [3.8, 4) is 0 Å². The molecule has 0 saturated heterocycles. The van der Waals surface area contributed by atoms with Crippen LogP contribution in [0.4, 0.5) is 0 Å². The summed E-state index contributed by atoms with van der Waals surface area (Å²) in [5.41, 5.74) is 9.68. The summed E-state index contributed by atoms with van der Waals surface area (Å²) in [6.07, 6.45) is 10.4. The molecule has 0 aliphatic heterocycles. The average molecular weight is 221 g/mol. The van der Waals surface area contributed by atoms with Crippen molar-refractivity contribution in [2.75, 3.05) is 0 Å². The van der Waals surface area contributed by atoms with Gasteiger partial charge in [0, 0.05) is 10.4 Å². The summed E-state index contributed by atoms with van der Waals surface area (Å²) in [6.45, 7) is 0. The molecule has 0 amide bonds. The zero-order chi connectivity index (χ0) is 10.3. The van der Waals surface area contributed by atoms with Gasteiger partial charge in [-0.15, -0.1) is 11.3 Å². The first-order valence-corrected chi connectivity index (χ1v) is 7.02. The molecule has 3 rings (SSSR count). The van der Waals surface area contributed by atoms with E-state index >= 15 is 0 Å². The van der Waals surface area contributed by atoms with Gasteiger partial charge in [0.1, 0.15) is 0 Å². The molecule has 0 spiro atoms. The van der Waals surface area contributed by atoms with E-state index in [0.29, 0.717) is 0 Å². The van der Waals surface area contributed by atoms with Crippen molar-refractivity contribution >= 4 is 11.3 Å². The molecule has 1 heterocycles. The van der Waals surface area contributed by atoms with E-state index in [9.17, 15) is 0 Å². The zero-order valence-corrected chi connectivity index (χ0v) is 10.0. The Kier molecular flexibility index (Phi) is 2.37. The molecule has 0 aromatic carbocycles. The largest absolute Gasteiger partial charge is 0.325 e. The molecule has 82 valence electrons. The SMILES string of the molecule is NC1(CCc2csc3c2CCCC3)CC1. The Morgan fingerprint density at radius 3 is 2.87 bits per heavy atom. The summed E-state index contributed by atoms with van der Waals surface area (Å²) >= 11 is 1.98. The Labute approximate surface area is 95.7 Å². The van der Waals surface area contributed by atoms with Gasteiger partial charge in [0.05, 0.1) is 0 Å². The third-order valence-corrected chi connectivity index (χ3v) is 5.07. The van der Waals surface area contributed by atoms with Gasteiger partial charge < -0.3 is 5.73 Å². The molecule has 1 fully saturated rings. The first-order chi connectivity index (χ1) is 7.27. The van der Waals surface area contributed by atoms with Crippen molar-refractivity contribution in [3.05, 3.63) is 21.4 Å². The van der Waals surface area contributed by atoms with E-state index in [-0.39, 0.29) is 5.54 Å². The fourth-order valence-electron chi connectivity index (χ4n) is 2.56. The van der Waals surface area contributed by atoms with Gasteiger partial charge in [-0.3, -0.25) is 0 Å². The van der Waals surface area contributed by atoms with E-state index in [1.165, 1.54) is 51.4 Å². The highest BCUT2D eigenvalue weighted by atomic mass is 32.1. The lowest BCUT2D eigenvalue weighted by Crippen LogP contribution is -2.22. The minimum absolute atomic E-state index is 0.226. The predicted molar refractivity (Wildman–Crippen MR) is 65.4 cm³/mol. The molecule has 2 heteroatoms. The highest BCUT2D eigenvalue weighted by molar-refractivity contribution is 7.10. The highest BCUT2D eigenvalue weighted by Crippen LogP contribution is 2.38. The lowest BCUT2D eigenvalue weighted by atomic mass is 9.93. The molecule has 1 nitrogen and oxygen atoms in total. The van der Waals surface area contributed by atoms with Gasteiger partial charge in [-0.2, -0.15) is 0 Å². The lowest BCUT2D eigenvalue weighted by molar-refractivity contribution is 0.604. The summed E-state index contributed by atoms with van der Waals surface area (Å²) in [4.78, 5) is 1.66. The third kappa shape index (κ3) is 1.98. The number of hydrogen-bond acceptors (Lipinski definition) is 2. The van der Waals surface area contributed by atoms with Crippen molar-refractivity contribution in [3.63, 3.8) is 0 Å². The fourth-order valence-corrected chi connectivity index (χ4v) is 3.75. The van der Waals surface area contributed by atoms with Crippen LogP contribution in [0.1, 0.15) is 48.1 Å². The Hall–Kier alpha value is -0.340. The molecule has 15 heavy (non-hydrogen) atoms. The van der Waals surface area contributed by atoms with Gasteiger partial charge in [0.2, 0.25) is 0 Å². The van der Waals surface area contributed by atoms with Gasteiger partial charge in [-0.25, -0.2) is 0 Å². The molecule has 2 aliphatic carbocycles. The Balaban J connectivity index is 1.71. The summed E-state index contributed by atoms with van der Waals surface area (Å²) in [5, 5.41) is 2.39. The second kappa shape index (κ2) is 3.60. The number of fused-ring (bicyclic) bond motifs is 1. The van der Waals surface area contributed by atoms with Crippen LogP contribution < -0.4 is 5.73 Å². The first-order valence-electron chi connectivity index (χ1n) is 6.14. The summed E-state index contributed by atoms with van der Waals surface area (Å²) in [7, 11) is 0. The van der Waals surface area contributed by atoms with E-state index in [0.717, 1.165) is 0 Å². The maximum atomic E-state index is 6.14. The monoisotopic (exact) mass is 221 g/mol. The predicted octanol–water partition coefficient (Wildman–Crippen LogP) is 3.05. The van der Waals surface area contributed by atoms with Crippen molar-refractivity contribution in [2.24, 2.45) is 5.73 Å². The molecule has 1 aromatic rings. The summed E-state index contributed by atoms with van der Waals surface area (Å²) in [5.74, 6) is 0. The van der Waals surface area contributed by atoms with Crippen LogP contribution in [-0.4, -0.2) is 5.54 Å². The highest BCUT2D eigenvalue weighted by Gasteiger charge is 2.37. The molecule has 0 atom stereocenters. The normalized spacial score (nSPS) is 22.5. The van der Waals surface area contributed by atoms with Crippen LogP contribution in [0.3, 0.4) is 0 Å². The van der Waals surface area contributed by atoms with Crippen molar-refractivity contribution in [2.45, 2.75) is 56.9 Å². The molecule has 0 radical (unpaired) electrons. The number of rotatable bonds is 3. The molecule has 1 aromatic heterocycles. The van der Waals surface area contributed by atoms with E-state index in [1.54, 1.807) is 16.0 Å². The standard InChI is InChI=1S/C13H19NS/c14-13(7-8-13)6-5-10-9-15-12-4-2-1-3-11(10)12/h9H,1-8,14H2. The quantitative estimate of drug-likeness (QED) is 0.834. The van der Waals surface area contributed by atoms with Gasteiger partial charge >= 0.3 is 0 Å². The average Bonchev–Trinajstić information content (AvgIpc) is 2.86. The van der Waals surface area contributed by atoms with Crippen LogP contribution in [0.25, 0.3) is 0 Å². The van der Waals surface area contributed by atoms with Crippen LogP contribution in [-0.2, 0) is 19.3 Å². The van der Waals surface area contributed by atoms with Crippen LogP contribution in [0.2, 0.25) is 0 Å². The molecular formula is C13H19NS. The first kappa shape index (κ1) is 9.86. The lowest BCUT2D eigenvalue weighted by Gasteiger charge is -2.14. The van der Waals surface area contributed by atoms with Crippen LogP contribution >= 0.6 is 11.3 Å². The van der Waals surface area contributed by atoms with Crippen molar-refractivity contribution in [1.82, 2.24) is 0 Å². The minimum atomic E-state index is 0.226. The van der Waals surface area contributed by atoms with E-state index in [4.69, 9.17) is 5.73 Å². The second-order valence-electron chi connectivity index (χ2n) is 5.23. The van der Waals surface area contributed by atoms with Crippen LogP contribution in [0, 0.1) is 0 Å². The zero-order valence-electron chi connectivity index (χ0n) is 9.22. The van der Waals surface area contributed by atoms with Gasteiger partial charge in [0.25, 0.3) is 0 Å². The molecule has 2 N–H and O–H groups in total. The van der Waals surface area contributed by atoms with Crippen LogP contribution in [0.5, 0.6) is 0 Å². The summed E-state index contributed by atoms with van der Waals surface area (Å²) < 4.78 is 0. The van der Waals surface area contributed by atoms with E-state index in [2.05, 4.69) is 5.38 Å². The molecular weight excluding hydrogens is 202 g/mol. The molecule has 0 unspecified atom stereocenters. The van der Waals surface area contributed by atoms with E-state index < -0.39 is 0 Å². The fraction of sp³-hybridized carbons (Fsp3) is 0.692. The number of nitrogens with two attached hydrogens (primary N) is 1. The van der Waals surface area contributed by atoms with Gasteiger partial charge in [0.15, 0.2) is 0 Å². The van der Waals surface area contributed by atoms with E-state index in [1.807, 2.05) is 11.3 Å². The number of aryl methyl sites for hydroxylation is 2. The van der Waals surface area contributed by atoms with Gasteiger partial charge in [-0.05, 0) is 67.9 Å². The van der Waals surface area contributed by atoms with Crippen molar-refractivity contribution in [1.29, 1.82) is 0 Å². The topological polar surface area (TPSA) is 26.0 Å². The number of hydrogen-bond donors (Lipinski definition) is 1. The minimum Gasteiger partial charge on any atom is -0.325 e. The Morgan fingerprint density at radius 1 is 1.27 bits per heavy atom. The van der Waals surface area contributed by atoms with Gasteiger partial charge in [-0.1, -0.05) is 0 Å². The molecule has 2 aliphatic rings. The molecule has 0 bridgehead atoms.